The second-order valence-electron chi connectivity index (χ2n) is 5.78. The quantitative estimate of drug-likeness (QED) is 0.608. The van der Waals surface area contributed by atoms with E-state index in [4.69, 9.17) is 4.43 Å². The molecular formula is C10H22OSi2. The summed E-state index contributed by atoms with van der Waals surface area (Å²) in [5.74, 6) is 0. The van der Waals surface area contributed by atoms with E-state index in [1.165, 1.54) is 6.04 Å². The van der Waals surface area contributed by atoms with Gasteiger partial charge >= 0.3 is 0 Å². The predicted molar refractivity (Wildman–Crippen MR) is 64.3 cm³/mol. The van der Waals surface area contributed by atoms with Crippen LogP contribution in [0, 0.1) is 0 Å². The minimum Gasteiger partial charge on any atom is -0.411 e. The molecular weight excluding hydrogens is 192 g/mol. The van der Waals surface area contributed by atoms with E-state index in [9.17, 15) is 0 Å². The van der Waals surface area contributed by atoms with E-state index in [-0.39, 0.29) is 0 Å². The third kappa shape index (κ3) is 3.40. The van der Waals surface area contributed by atoms with Crippen LogP contribution in [0.4, 0.5) is 0 Å². The Hall–Kier alpha value is 0.134. The number of hydrogen-bond donors (Lipinski definition) is 0. The van der Waals surface area contributed by atoms with Crippen LogP contribution in [0.25, 0.3) is 0 Å². The summed E-state index contributed by atoms with van der Waals surface area (Å²) in [6.07, 6.45) is 0.397. The van der Waals surface area contributed by atoms with Gasteiger partial charge in [-0.1, -0.05) is 30.9 Å². The third-order valence-corrected chi connectivity index (χ3v) is 5.75. The molecule has 13 heavy (non-hydrogen) atoms. The van der Waals surface area contributed by atoms with Gasteiger partial charge in [-0.2, -0.15) is 0 Å². The minimum absolute atomic E-state index is 0.397. The van der Waals surface area contributed by atoms with Crippen molar-refractivity contribution >= 4 is 16.4 Å². The van der Waals surface area contributed by atoms with Crippen LogP contribution in [0.3, 0.4) is 0 Å². The van der Waals surface area contributed by atoms with Crippen molar-refractivity contribution in [3.8, 4) is 0 Å². The number of rotatable bonds is 1. The molecule has 0 amide bonds. The Morgan fingerprint density at radius 1 is 1.38 bits per heavy atom. The highest BCUT2D eigenvalue weighted by Crippen LogP contribution is 2.32. The highest BCUT2D eigenvalue weighted by atomic mass is 28.4. The van der Waals surface area contributed by atoms with E-state index in [1.807, 2.05) is 0 Å². The standard InChI is InChI=1S/C10H22OSi2/c1-9-10(7-12(2,3)4)8-13(5,6)11-9/h7,9H,8H2,1-6H3/b10-7-. The van der Waals surface area contributed by atoms with Crippen LogP contribution in [0.5, 0.6) is 0 Å². The van der Waals surface area contributed by atoms with E-state index in [0.717, 1.165) is 0 Å². The molecule has 1 rings (SSSR count). The van der Waals surface area contributed by atoms with Gasteiger partial charge < -0.3 is 4.43 Å². The molecule has 0 spiro atoms. The fourth-order valence-electron chi connectivity index (χ4n) is 1.96. The van der Waals surface area contributed by atoms with Gasteiger partial charge in [0.05, 0.1) is 14.2 Å². The van der Waals surface area contributed by atoms with Gasteiger partial charge in [0.25, 0.3) is 0 Å². The second-order valence-corrected chi connectivity index (χ2v) is 14.9. The normalized spacial score (nSPS) is 31.2. The molecule has 0 bridgehead atoms. The maximum absolute atomic E-state index is 6.00. The summed E-state index contributed by atoms with van der Waals surface area (Å²) >= 11 is 0. The molecule has 76 valence electrons. The lowest BCUT2D eigenvalue weighted by atomic mass is 10.2. The van der Waals surface area contributed by atoms with Crippen molar-refractivity contribution < 1.29 is 4.43 Å². The van der Waals surface area contributed by atoms with Gasteiger partial charge in [0.1, 0.15) is 0 Å². The van der Waals surface area contributed by atoms with Gasteiger partial charge in [-0.25, -0.2) is 0 Å². The highest BCUT2D eigenvalue weighted by molar-refractivity contribution is 6.81. The van der Waals surface area contributed by atoms with Crippen LogP contribution in [0.1, 0.15) is 6.92 Å². The average Bonchev–Trinajstić information content (AvgIpc) is 2.00. The maximum Gasteiger partial charge on any atom is 0.191 e. The zero-order valence-electron chi connectivity index (χ0n) is 9.77. The van der Waals surface area contributed by atoms with Crippen LogP contribution in [-0.2, 0) is 4.43 Å². The average molecular weight is 214 g/mol. The summed E-state index contributed by atoms with van der Waals surface area (Å²) in [6, 6.07) is 1.25. The van der Waals surface area contributed by atoms with Gasteiger partial charge in [0.2, 0.25) is 0 Å². The Bertz CT molecular complexity index is 226. The first-order valence-electron chi connectivity index (χ1n) is 5.09. The molecule has 0 aromatic carbocycles. The molecule has 0 aromatic rings. The van der Waals surface area contributed by atoms with Crippen molar-refractivity contribution in [1.82, 2.24) is 0 Å². The molecule has 1 aliphatic heterocycles. The summed E-state index contributed by atoms with van der Waals surface area (Å²) in [5.41, 5.74) is 4.11. The van der Waals surface area contributed by atoms with E-state index in [0.29, 0.717) is 6.10 Å². The van der Waals surface area contributed by atoms with E-state index in [2.05, 4.69) is 45.4 Å². The largest absolute Gasteiger partial charge is 0.411 e. The van der Waals surface area contributed by atoms with Gasteiger partial charge in [-0.05, 0) is 26.1 Å². The van der Waals surface area contributed by atoms with E-state index >= 15 is 0 Å². The molecule has 0 saturated carbocycles. The van der Waals surface area contributed by atoms with E-state index in [1.54, 1.807) is 5.57 Å². The Morgan fingerprint density at radius 2 is 1.92 bits per heavy atom. The Morgan fingerprint density at radius 3 is 2.23 bits per heavy atom. The molecule has 1 unspecified atom stereocenters. The first kappa shape index (κ1) is 11.2. The first-order chi connectivity index (χ1) is 5.70. The van der Waals surface area contributed by atoms with Crippen LogP contribution in [0.2, 0.25) is 38.8 Å². The van der Waals surface area contributed by atoms with Crippen molar-refractivity contribution in [2.75, 3.05) is 0 Å². The van der Waals surface area contributed by atoms with Crippen LogP contribution in [0.15, 0.2) is 11.3 Å². The van der Waals surface area contributed by atoms with Gasteiger partial charge in [0.15, 0.2) is 8.32 Å². The molecule has 1 saturated heterocycles. The predicted octanol–water partition coefficient (Wildman–Crippen LogP) is 3.41. The molecule has 0 aliphatic carbocycles. The summed E-state index contributed by atoms with van der Waals surface area (Å²) in [4.78, 5) is 0. The topological polar surface area (TPSA) is 9.23 Å². The lowest BCUT2D eigenvalue weighted by molar-refractivity contribution is 0.276. The monoisotopic (exact) mass is 214 g/mol. The number of hydrogen-bond acceptors (Lipinski definition) is 1. The molecule has 1 atom stereocenters. The summed E-state index contributed by atoms with van der Waals surface area (Å²) < 4.78 is 6.00. The van der Waals surface area contributed by atoms with E-state index < -0.39 is 16.4 Å². The lowest BCUT2D eigenvalue weighted by Gasteiger charge is -2.14. The van der Waals surface area contributed by atoms with Gasteiger partial charge in [-0.3, -0.25) is 0 Å². The minimum atomic E-state index is -1.31. The summed E-state index contributed by atoms with van der Waals surface area (Å²) in [7, 11) is -2.36. The highest BCUT2D eigenvalue weighted by Gasteiger charge is 2.36. The van der Waals surface area contributed by atoms with Crippen molar-refractivity contribution in [2.45, 2.75) is 51.8 Å². The second kappa shape index (κ2) is 3.37. The Labute approximate surface area is 84.3 Å². The third-order valence-electron chi connectivity index (χ3n) is 2.27. The molecule has 0 aromatic heterocycles. The van der Waals surface area contributed by atoms with Crippen molar-refractivity contribution in [3.63, 3.8) is 0 Å². The molecule has 3 heteroatoms. The first-order valence-corrected chi connectivity index (χ1v) is 11.8. The van der Waals surface area contributed by atoms with Crippen LogP contribution < -0.4 is 0 Å². The van der Waals surface area contributed by atoms with Gasteiger partial charge in [-0.15, -0.1) is 0 Å². The smallest absolute Gasteiger partial charge is 0.191 e. The summed E-state index contributed by atoms with van der Waals surface area (Å²) in [6.45, 7) is 14.0. The fraction of sp³-hybridized carbons (Fsp3) is 0.800. The Balaban J connectivity index is 2.79. The zero-order chi connectivity index (χ0) is 10.3. The maximum atomic E-state index is 6.00. The van der Waals surface area contributed by atoms with Crippen molar-refractivity contribution in [2.24, 2.45) is 0 Å². The van der Waals surface area contributed by atoms with Crippen molar-refractivity contribution in [3.05, 3.63) is 11.3 Å². The molecule has 1 fully saturated rings. The van der Waals surface area contributed by atoms with Crippen molar-refractivity contribution in [1.29, 1.82) is 0 Å². The molecule has 1 nitrogen and oxygen atoms in total. The Kier molecular flexibility index (Phi) is 2.90. The molecule has 1 aliphatic rings. The molecule has 0 N–H and O–H groups in total. The van der Waals surface area contributed by atoms with Crippen LogP contribution in [-0.4, -0.2) is 22.5 Å². The van der Waals surface area contributed by atoms with Gasteiger partial charge in [0, 0.05) is 0 Å². The fourth-order valence-corrected chi connectivity index (χ4v) is 6.17. The van der Waals surface area contributed by atoms with Crippen LogP contribution >= 0.6 is 0 Å². The SMILES string of the molecule is CC1O[Si](C)(C)C/C1=C/[Si](C)(C)C. The zero-order valence-corrected chi connectivity index (χ0v) is 11.8. The molecule has 1 heterocycles. The summed E-state index contributed by atoms with van der Waals surface area (Å²) in [5, 5.41) is 0. The molecule has 0 radical (unpaired) electrons. The lowest BCUT2D eigenvalue weighted by Crippen LogP contribution is -2.24.